The lowest BCUT2D eigenvalue weighted by Crippen LogP contribution is -2.24. The van der Waals surface area contributed by atoms with Crippen LogP contribution in [0.5, 0.6) is 0 Å². The van der Waals surface area contributed by atoms with Crippen LogP contribution in [0, 0.1) is 0 Å². The van der Waals surface area contributed by atoms with E-state index in [4.69, 9.17) is 0 Å². The first-order valence-corrected chi connectivity index (χ1v) is 3.77. The van der Waals surface area contributed by atoms with E-state index in [1.54, 1.807) is 22.4 Å². The third-order valence-corrected chi connectivity index (χ3v) is 0.973. The highest BCUT2D eigenvalue weighted by Gasteiger charge is 1.71. The molecule has 0 amide bonds. The summed E-state index contributed by atoms with van der Waals surface area (Å²) in [6.45, 7) is 5.38. The van der Waals surface area contributed by atoms with Crippen LogP contribution in [0.1, 0.15) is 6.92 Å². The van der Waals surface area contributed by atoms with Crippen LogP contribution in [-0.2, 0) is 0 Å². The number of hydrazine groups is 1. The van der Waals surface area contributed by atoms with Gasteiger partial charge >= 0.3 is 0 Å². The van der Waals surface area contributed by atoms with Crippen molar-refractivity contribution in [1.29, 1.82) is 0 Å². The Morgan fingerprint density at radius 1 is 1.33 bits per heavy atom. The van der Waals surface area contributed by atoms with Crippen molar-refractivity contribution < 1.29 is 0 Å². The molecule has 0 heterocycles. The number of hydrogen-bond donors (Lipinski definition) is 1. The first-order chi connectivity index (χ1) is 5.58. The quantitative estimate of drug-likeness (QED) is 0.503. The summed E-state index contributed by atoms with van der Waals surface area (Å²) in [4.78, 5) is 0. The fourth-order valence-electron chi connectivity index (χ4n) is 0.322. The molecule has 0 aromatic heterocycles. The standard InChI is InChI=1S/2C4H10N2/c1-4-5-6(2)3;1-4-6(3)5-2/h4H,1-3H3;4-5H,1H2,2-3H3/b5-4-;. The van der Waals surface area contributed by atoms with Crippen molar-refractivity contribution in [3.63, 3.8) is 0 Å². The Labute approximate surface area is 75.5 Å². The average Bonchev–Trinajstić information content (AvgIpc) is 2.04. The van der Waals surface area contributed by atoms with Crippen molar-refractivity contribution in [2.75, 3.05) is 28.2 Å². The molecule has 0 fully saturated rings. The zero-order valence-electron chi connectivity index (χ0n) is 8.70. The van der Waals surface area contributed by atoms with E-state index in [-0.39, 0.29) is 0 Å². The van der Waals surface area contributed by atoms with Crippen molar-refractivity contribution in [2.24, 2.45) is 5.10 Å². The second-order valence-corrected chi connectivity index (χ2v) is 2.24. The third kappa shape index (κ3) is 16.0. The van der Waals surface area contributed by atoms with E-state index < -0.39 is 0 Å². The van der Waals surface area contributed by atoms with Crippen LogP contribution in [0.15, 0.2) is 17.9 Å². The van der Waals surface area contributed by atoms with Crippen molar-refractivity contribution in [3.05, 3.63) is 12.8 Å². The lowest BCUT2D eigenvalue weighted by Gasteiger charge is -2.08. The number of hydrazone groups is 1. The van der Waals surface area contributed by atoms with Crippen molar-refractivity contribution in [1.82, 2.24) is 15.4 Å². The van der Waals surface area contributed by atoms with Crippen LogP contribution in [0.2, 0.25) is 0 Å². The molecule has 72 valence electrons. The molecule has 0 aliphatic rings. The lowest BCUT2D eigenvalue weighted by molar-refractivity contribution is 0.366. The molecule has 0 aromatic rings. The summed E-state index contributed by atoms with van der Waals surface area (Å²) in [5.74, 6) is 0. The second kappa shape index (κ2) is 9.97. The van der Waals surface area contributed by atoms with Gasteiger partial charge < -0.3 is 10.0 Å². The maximum Gasteiger partial charge on any atom is 0.0244 e. The molecule has 0 saturated carbocycles. The topological polar surface area (TPSA) is 30.9 Å². The van der Waals surface area contributed by atoms with Crippen LogP contribution in [0.3, 0.4) is 0 Å². The Balaban J connectivity index is 0. The molecule has 0 rings (SSSR count). The summed E-state index contributed by atoms with van der Waals surface area (Å²) in [6.07, 6.45) is 3.44. The molecule has 0 unspecified atom stereocenters. The largest absolute Gasteiger partial charge is 0.320 e. The summed E-state index contributed by atoms with van der Waals surface area (Å²) in [6, 6.07) is 0. The van der Waals surface area contributed by atoms with Gasteiger partial charge in [0, 0.05) is 40.6 Å². The van der Waals surface area contributed by atoms with Crippen molar-refractivity contribution in [2.45, 2.75) is 6.92 Å². The number of nitrogens with one attached hydrogen (secondary N) is 1. The smallest absolute Gasteiger partial charge is 0.0244 e. The van der Waals surface area contributed by atoms with Gasteiger partial charge in [-0.15, -0.1) is 0 Å². The summed E-state index contributed by atoms with van der Waals surface area (Å²) in [7, 11) is 7.49. The normalized spacial score (nSPS) is 8.75. The molecule has 0 atom stereocenters. The van der Waals surface area contributed by atoms with Gasteiger partial charge in [-0.3, -0.25) is 0 Å². The highest BCUT2D eigenvalue weighted by atomic mass is 15.5. The molecule has 0 spiro atoms. The summed E-state index contributed by atoms with van der Waals surface area (Å²) < 4.78 is 0. The zero-order valence-corrected chi connectivity index (χ0v) is 8.70. The Morgan fingerprint density at radius 2 is 1.83 bits per heavy atom. The number of hydrogen-bond acceptors (Lipinski definition) is 4. The lowest BCUT2D eigenvalue weighted by atomic mass is 10.9. The van der Waals surface area contributed by atoms with Gasteiger partial charge in [0.05, 0.1) is 0 Å². The minimum Gasteiger partial charge on any atom is -0.320 e. The highest BCUT2D eigenvalue weighted by molar-refractivity contribution is 5.52. The van der Waals surface area contributed by atoms with E-state index in [9.17, 15) is 0 Å². The van der Waals surface area contributed by atoms with Gasteiger partial charge in [0.2, 0.25) is 0 Å². The van der Waals surface area contributed by atoms with Crippen LogP contribution < -0.4 is 5.43 Å². The predicted octanol–water partition coefficient (Wildman–Crippen LogP) is 0.750. The molecule has 0 radical (unpaired) electrons. The van der Waals surface area contributed by atoms with Crippen LogP contribution in [-0.4, -0.2) is 44.4 Å². The third-order valence-electron chi connectivity index (χ3n) is 0.973. The van der Waals surface area contributed by atoms with Crippen molar-refractivity contribution >= 4 is 6.21 Å². The molecule has 12 heavy (non-hydrogen) atoms. The van der Waals surface area contributed by atoms with Crippen LogP contribution in [0.4, 0.5) is 0 Å². The predicted molar refractivity (Wildman–Crippen MR) is 54.9 cm³/mol. The molecule has 4 nitrogen and oxygen atoms in total. The van der Waals surface area contributed by atoms with E-state index in [2.05, 4.69) is 17.1 Å². The Hall–Kier alpha value is -1.03. The van der Waals surface area contributed by atoms with Gasteiger partial charge in [0.25, 0.3) is 0 Å². The van der Waals surface area contributed by atoms with E-state index in [0.717, 1.165) is 0 Å². The monoisotopic (exact) mass is 172 g/mol. The van der Waals surface area contributed by atoms with Crippen molar-refractivity contribution in [3.8, 4) is 0 Å². The SMILES string of the molecule is C/C=N\N(C)C.C=CN(C)NC. The minimum atomic E-state index is 1.69. The molecule has 0 aliphatic carbocycles. The van der Waals surface area contributed by atoms with E-state index in [0.29, 0.717) is 0 Å². The Morgan fingerprint density at radius 3 is 1.83 bits per heavy atom. The van der Waals surface area contributed by atoms with Crippen LogP contribution >= 0.6 is 0 Å². The first kappa shape index (κ1) is 13.6. The maximum atomic E-state index is 3.83. The molecule has 0 saturated heterocycles. The molecule has 1 N–H and O–H groups in total. The van der Waals surface area contributed by atoms with Gasteiger partial charge in [-0.05, 0) is 6.92 Å². The van der Waals surface area contributed by atoms with Gasteiger partial charge in [-0.25, -0.2) is 5.43 Å². The molecular weight excluding hydrogens is 152 g/mol. The second-order valence-electron chi connectivity index (χ2n) is 2.24. The van der Waals surface area contributed by atoms with Gasteiger partial charge in [-0.2, -0.15) is 5.10 Å². The highest BCUT2D eigenvalue weighted by Crippen LogP contribution is 1.67. The summed E-state index contributed by atoms with van der Waals surface area (Å²) in [5.41, 5.74) is 2.83. The fraction of sp³-hybridized carbons (Fsp3) is 0.625. The van der Waals surface area contributed by atoms with E-state index in [1.807, 2.05) is 35.1 Å². The van der Waals surface area contributed by atoms with Crippen LogP contribution in [0.25, 0.3) is 0 Å². The summed E-state index contributed by atoms with van der Waals surface area (Å²) in [5, 5.41) is 7.35. The molecule has 0 aromatic carbocycles. The maximum absolute atomic E-state index is 3.83. The number of nitrogens with zero attached hydrogens (tertiary/aromatic N) is 3. The zero-order chi connectivity index (χ0) is 9.98. The molecule has 0 bridgehead atoms. The Bertz CT molecular complexity index is 120. The van der Waals surface area contributed by atoms with E-state index >= 15 is 0 Å². The minimum absolute atomic E-state index is 1.69. The Kier molecular flexibility index (Phi) is 11.3. The van der Waals surface area contributed by atoms with Gasteiger partial charge in [0.15, 0.2) is 0 Å². The van der Waals surface area contributed by atoms with Gasteiger partial charge in [-0.1, -0.05) is 6.58 Å². The summed E-state index contributed by atoms with van der Waals surface area (Å²) >= 11 is 0. The van der Waals surface area contributed by atoms with E-state index in [1.165, 1.54) is 0 Å². The number of rotatable bonds is 3. The molecular formula is C8H20N4. The fourth-order valence-corrected chi connectivity index (χ4v) is 0.322. The molecule has 4 heteroatoms. The van der Waals surface area contributed by atoms with Gasteiger partial charge in [0.1, 0.15) is 0 Å². The average molecular weight is 172 g/mol. The molecule has 0 aliphatic heterocycles. The first-order valence-electron chi connectivity index (χ1n) is 3.77.